The molecule has 0 amide bonds. The van der Waals surface area contributed by atoms with Gasteiger partial charge < -0.3 is 0 Å². The highest BCUT2D eigenvalue weighted by Crippen LogP contribution is 2.33. The van der Waals surface area contributed by atoms with Gasteiger partial charge in [-0.05, 0) is 91.5 Å². The van der Waals surface area contributed by atoms with Crippen molar-refractivity contribution in [2.75, 3.05) is 0 Å². The molecule has 0 aliphatic heterocycles. The number of fused-ring (bicyclic) bond motifs is 1. The Morgan fingerprint density at radius 2 is 1.62 bits per heavy atom. The Bertz CT molecular complexity index is 1150. The fraction of sp³-hybridized carbons (Fsp3) is 0.394. The summed E-state index contributed by atoms with van der Waals surface area (Å²) in [5, 5.41) is 1.61. The molecular formula is C33H37F. The van der Waals surface area contributed by atoms with Crippen molar-refractivity contribution >= 4 is 10.8 Å². The molecule has 1 heteroatoms. The third-order valence-corrected chi connectivity index (χ3v) is 7.44. The van der Waals surface area contributed by atoms with Crippen LogP contribution in [0.25, 0.3) is 10.8 Å². The minimum atomic E-state index is -0.216. The van der Waals surface area contributed by atoms with E-state index < -0.39 is 0 Å². The Labute approximate surface area is 205 Å². The van der Waals surface area contributed by atoms with Crippen LogP contribution in [0.2, 0.25) is 0 Å². The molecule has 3 aromatic carbocycles. The van der Waals surface area contributed by atoms with Gasteiger partial charge in [-0.25, -0.2) is 4.39 Å². The molecule has 3 aromatic rings. The van der Waals surface area contributed by atoms with Crippen LogP contribution in [0, 0.1) is 29.5 Å². The molecular weight excluding hydrogens is 415 g/mol. The fourth-order valence-electron chi connectivity index (χ4n) is 5.23. The minimum absolute atomic E-state index is 0.216. The number of halogens is 1. The first-order chi connectivity index (χ1) is 16.7. The van der Waals surface area contributed by atoms with E-state index >= 15 is 4.39 Å². The average Bonchev–Trinajstić information content (AvgIpc) is 2.87. The lowest BCUT2D eigenvalue weighted by Crippen LogP contribution is -2.14. The summed E-state index contributed by atoms with van der Waals surface area (Å²) in [7, 11) is 0. The van der Waals surface area contributed by atoms with Crippen molar-refractivity contribution < 1.29 is 4.39 Å². The van der Waals surface area contributed by atoms with Gasteiger partial charge in [0.25, 0.3) is 0 Å². The van der Waals surface area contributed by atoms with E-state index in [0.717, 1.165) is 42.0 Å². The van der Waals surface area contributed by atoms with Crippen LogP contribution in [-0.2, 0) is 12.8 Å². The van der Waals surface area contributed by atoms with Crippen LogP contribution < -0.4 is 0 Å². The molecule has 0 radical (unpaired) electrons. The lowest BCUT2D eigenvalue weighted by Gasteiger charge is -2.27. The molecule has 0 spiro atoms. The van der Waals surface area contributed by atoms with Gasteiger partial charge in [0.05, 0.1) is 5.56 Å². The van der Waals surface area contributed by atoms with Gasteiger partial charge in [0.1, 0.15) is 5.82 Å². The molecule has 1 aliphatic rings. The predicted molar refractivity (Wildman–Crippen MR) is 144 cm³/mol. The van der Waals surface area contributed by atoms with Crippen molar-refractivity contribution in [2.45, 2.75) is 71.1 Å². The molecule has 176 valence electrons. The molecule has 0 nitrogen and oxygen atoms in total. The second kappa shape index (κ2) is 12.0. The Morgan fingerprint density at radius 3 is 2.35 bits per heavy atom. The van der Waals surface area contributed by atoms with E-state index in [9.17, 15) is 0 Å². The molecule has 34 heavy (non-hydrogen) atoms. The normalized spacial score (nSPS) is 17.8. The zero-order valence-electron chi connectivity index (χ0n) is 20.6. The van der Waals surface area contributed by atoms with Gasteiger partial charge in [-0.3, -0.25) is 0 Å². The van der Waals surface area contributed by atoms with E-state index in [2.05, 4.69) is 61.8 Å². The number of rotatable bonds is 8. The average molecular weight is 453 g/mol. The van der Waals surface area contributed by atoms with E-state index in [-0.39, 0.29) is 5.82 Å². The Hall–Kier alpha value is -2.85. The van der Waals surface area contributed by atoms with Crippen LogP contribution in [0.3, 0.4) is 0 Å². The number of benzene rings is 3. The molecule has 0 unspecified atom stereocenters. The summed E-state index contributed by atoms with van der Waals surface area (Å²) in [6.07, 6.45) is 14.5. The van der Waals surface area contributed by atoms with Crippen LogP contribution in [0.1, 0.15) is 80.5 Å². The highest BCUT2D eigenvalue weighted by atomic mass is 19.1. The maximum atomic E-state index is 15.1. The quantitative estimate of drug-likeness (QED) is 0.236. The largest absolute Gasteiger partial charge is 0.205 e. The topological polar surface area (TPSA) is 0 Å². The molecule has 4 rings (SSSR count). The molecule has 0 saturated heterocycles. The summed E-state index contributed by atoms with van der Waals surface area (Å²) in [5.41, 5.74) is 4.04. The van der Waals surface area contributed by atoms with Gasteiger partial charge >= 0.3 is 0 Å². The monoisotopic (exact) mass is 452 g/mol. The number of allylic oxidation sites excluding steroid dienone is 1. The summed E-state index contributed by atoms with van der Waals surface area (Å²) in [4.78, 5) is 0. The van der Waals surface area contributed by atoms with E-state index in [1.165, 1.54) is 56.1 Å². The van der Waals surface area contributed by atoms with Gasteiger partial charge in [0.15, 0.2) is 0 Å². The van der Waals surface area contributed by atoms with E-state index in [1.807, 2.05) is 24.3 Å². The molecule has 1 aliphatic carbocycles. The second-order valence-corrected chi connectivity index (χ2v) is 9.98. The van der Waals surface area contributed by atoms with E-state index in [0.29, 0.717) is 10.9 Å². The first kappa shape index (κ1) is 24.3. The first-order valence-electron chi connectivity index (χ1n) is 13.1. The third kappa shape index (κ3) is 6.38. The van der Waals surface area contributed by atoms with Crippen molar-refractivity contribution in [3.63, 3.8) is 0 Å². The number of aryl methyl sites for hydroxylation is 2. The maximum Gasteiger partial charge on any atom is 0.146 e. The zero-order valence-corrected chi connectivity index (χ0v) is 20.6. The van der Waals surface area contributed by atoms with E-state index in [4.69, 9.17) is 0 Å². The fourth-order valence-corrected chi connectivity index (χ4v) is 5.23. The lowest BCUT2D eigenvalue weighted by atomic mass is 9.78. The molecule has 0 heterocycles. The highest BCUT2D eigenvalue weighted by molar-refractivity contribution is 5.85. The summed E-state index contributed by atoms with van der Waals surface area (Å²) in [6.45, 7) is 6.08. The number of hydrogen-bond donors (Lipinski definition) is 0. The number of unbranched alkanes of at least 4 members (excludes halogenated alkanes) is 1. The maximum absolute atomic E-state index is 15.1. The van der Waals surface area contributed by atoms with Crippen LogP contribution in [-0.4, -0.2) is 0 Å². The van der Waals surface area contributed by atoms with Crippen LogP contribution in [0.5, 0.6) is 0 Å². The summed E-state index contributed by atoms with van der Waals surface area (Å²) in [5.74, 6) is 7.72. The van der Waals surface area contributed by atoms with Crippen molar-refractivity contribution in [3.05, 3.63) is 95.3 Å². The third-order valence-electron chi connectivity index (χ3n) is 7.44. The minimum Gasteiger partial charge on any atom is -0.205 e. The van der Waals surface area contributed by atoms with Crippen molar-refractivity contribution in [1.82, 2.24) is 0 Å². The molecule has 0 N–H and O–H groups in total. The Morgan fingerprint density at radius 1 is 0.882 bits per heavy atom. The van der Waals surface area contributed by atoms with Crippen LogP contribution in [0.15, 0.2) is 67.3 Å². The van der Waals surface area contributed by atoms with Crippen LogP contribution >= 0.6 is 0 Å². The summed E-state index contributed by atoms with van der Waals surface area (Å²) >= 11 is 0. The molecule has 0 aromatic heterocycles. The summed E-state index contributed by atoms with van der Waals surface area (Å²) in [6, 6.07) is 18.4. The van der Waals surface area contributed by atoms with Crippen molar-refractivity contribution in [2.24, 2.45) is 11.8 Å². The van der Waals surface area contributed by atoms with Gasteiger partial charge in [-0.15, -0.1) is 6.58 Å². The Kier molecular flexibility index (Phi) is 8.59. The highest BCUT2D eigenvalue weighted by Gasteiger charge is 2.19. The van der Waals surface area contributed by atoms with E-state index in [1.54, 1.807) is 0 Å². The lowest BCUT2D eigenvalue weighted by molar-refractivity contribution is 0.265. The van der Waals surface area contributed by atoms with Crippen molar-refractivity contribution in [1.29, 1.82) is 0 Å². The predicted octanol–water partition coefficient (Wildman–Crippen LogP) is 9.04. The molecule has 0 bridgehead atoms. The van der Waals surface area contributed by atoms with Gasteiger partial charge in [0, 0.05) is 10.9 Å². The number of hydrogen-bond acceptors (Lipinski definition) is 0. The van der Waals surface area contributed by atoms with Crippen molar-refractivity contribution in [3.8, 4) is 11.8 Å². The summed E-state index contributed by atoms with van der Waals surface area (Å²) < 4.78 is 15.1. The molecule has 1 fully saturated rings. The smallest absolute Gasteiger partial charge is 0.146 e. The molecule has 1 saturated carbocycles. The Balaban J connectivity index is 1.35. The second-order valence-electron chi connectivity index (χ2n) is 9.98. The SMILES string of the molecule is C=CCC1CCC(CCc2ccc(C#Cc3ccc4cc(CCCC)ccc4c3F)cc2)CC1. The zero-order chi connectivity index (χ0) is 23.8. The van der Waals surface area contributed by atoms with Gasteiger partial charge in [-0.1, -0.05) is 80.5 Å². The molecule has 0 atom stereocenters. The standard InChI is InChI=1S/C33H37F/c1-3-5-7-29-19-23-32-31(24-29)22-21-30(33(32)34)20-18-28-16-14-27(15-17-28)13-12-26-10-8-25(6-4-2)9-11-26/h4,14-17,19,21-26H,2-3,5-13H2,1H3. The van der Waals surface area contributed by atoms with Gasteiger partial charge in [-0.2, -0.15) is 0 Å². The van der Waals surface area contributed by atoms with Crippen LogP contribution in [0.4, 0.5) is 4.39 Å². The van der Waals surface area contributed by atoms with Gasteiger partial charge in [0.2, 0.25) is 0 Å². The first-order valence-corrected chi connectivity index (χ1v) is 13.1.